The van der Waals surface area contributed by atoms with Crippen molar-refractivity contribution in [3.63, 3.8) is 0 Å². The van der Waals surface area contributed by atoms with Gasteiger partial charge in [-0.1, -0.05) is 30.3 Å². The Balaban J connectivity index is 2.57. The molecule has 0 radical (unpaired) electrons. The number of nitrogens with zero attached hydrogens (tertiary/aromatic N) is 1. The third-order valence-electron chi connectivity index (χ3n) is 3.29. The first kappa shape index (κ1) is 17.6. The number of Topliss-reactive ketones (excluding diaryl/α,β-unsaturated/α-hetero) is 1. The Bertz CT molecular complexity index is 527. The van der Waals surface area contributed by atoms with Crippen LogP contribution in [0.15, 0.2) is 35.3 Å². The van der Waals surface area contributed by atoms with Gasteiger partial charge in [0.1, 0.15) is 0 Å². The summed E-state index contributed by atoms with van der Waals surface area (Å²) < 4.78 is 0. The Morgan fingerprint density at radius 2 is 1.82 bits per heavy atom. The number of nitrogens with two attached hydrogens (primary N) is 3. The summed E-state index contributed by atoms with van der Waals surface area (Å²) in [4.78, 5) is 27.2. The molecule has 0 bridgehead atoms. The van der Waals surface area contributed by atoms with E-state index in [2.05, 4.69) is 4.99 Å². The minimum absolute atomic E-state index is 0.00471. The third-order valence-corrected chi connectivity index (χ3v) is 3.29. The van der Waals surface area contributed by atoms with Gasteiger partial charge in [-0.15, -0.1) is 0 Å². The molecule has 0 amide bonds. The van der Waals surface area contributed by atoms with Crippen LogP contribution in [0.1, 0.15) is 30.7 Å². The van der Waals surface area contributed by atoms with E-state index in [0.717, 1.165) is 0 Å². The highest BCUT2D eigenvalue weighted by Gasteiger charge is 2.25. The number of aliphatic imine (C=N–C) groups is 1. The number of carbonyl (C=O) groups excluding carboxylic acids is 1. The fourth-order valence-corrected chi connectivity index (χ4v) is 2.07. The number of carbonyl (C=O) groups is 2. The molecule has 0 aromatic heterocycles. The summed E-state index contributed by atoms with van der Waals surface area (Å²) in [7, 11) is 0. The standard InChI is InChI=1S/C15H22N4O3/c16-12(7-4-8-19-15(17)18)13(20)9-11(14(21)22)10-5-2-1-3-6-10/h1-3,5-6,11-12H,4,7-9,16H2,(H,21,22)(H4,17,18,19). The average molecular weight is 306 g/mol. The van der Waals surface area contributed by atoms with Crippen molar-refractivity contribution < 1.29 is 14.7 Å². The lowest BCUT2D eigenvalue weighted by Gasteiger charge is -2.15. The quantitative estimate of drug-likeness (QED) is 0.291. The Kier molecular flexibility index (Phi) is 7.04. The SMILES string of the molecule is NC(N)=NCCCC(N)C(=O)CC(C(=O)O)c1ccccc1. The maximum atomic E-state index is 12.1. The summed E-state index contributed by atoms with van der Waals surface area (Å²) in [6.45, 7) is 0.393. The van der Waals surface area contributed by atoms with Gasteiger partial charge in [-0.25, -0.2) is 0 Å². The number of aliphatic carboxylic acids is 1. The molecule has 7 nitrogen and oxygen atoms in total. The Labute approximate surface area is 129 Å². The molecule has 1 rings (SSSR count). The Morgan fingerprint density at radius 3 is 2.36 bits per heavy atom. The lowest BCUT2D eigenvalue weighted by Crippen LogP contribution is -2.33. The van der Waals surface area contributed by atoms with E-state index in [-0.39, 0.29) is 18.2 Å². The molecule has 0 aliphatic heterocycles. The summed E-state index contributed by atoms with van der Waals surface area (Å²) in [5, 5.41) is 9.29. The van der Waals surface area contributed by atoms with Crippen LogP contribution >= 0.6 is 0 Å². The van der Waals surface area contributed by atoms with Crippen LogP contribution < -0.4 is 17.2 Å². The van der Waals surface area contributed by atoms with Gasteiger partial charge in [0, 0.05) is 13.0 Å². The summed E-state index contributed by atoms with van der Waals surface area (Å²) in [6.07, 6.45) is 0.855. The van der Waals surface area contributed by atoms with Gasteiger partial charge in [-0.2, -0.15) is 0 Å². The van der Waals surface area contributed by atoms with Crippen molar-refractivity contribution in [2.45, 2.75) is 31.2 Å². The maximum Gasteiger partial charge on any atom is 0.311 e. The van der Waals surface area contributed by atoms with Crippen LogP contribution in [-0.2, 0) is 9.59 Å². The zero-order valence-electron chi connectivity index (χ0n) is 12.3. The lowest BCUT2D eigenvalue weighted by atomic mass is 9.91. The van der Waals surface area contributed by atoms with Crippen molar-refractivity contribution >= 4 is 17.7 Å². The van der Waals surface area contributed by atoms with E-state index in [1.54, 1.807) is 30.3 Å². The second-order valence-electron chi connectivity index (χ2n) is 5.03. The largest absolute Gasteiger partial charge is 0.481 e. The van der Waals surface area contributed by atoms with Crippen LogP contribution in [0.5, 0.6) is 0 Å². The number of carboxylic acids is 1. The normalized spacial score (nSPS) is 13.1. The zero-order valence-corrected chi connectivity index (χ0v) is 12.3. The zero-order chi connectivity index (χ0) is 16.5. The highest BCUT2D eigenvalue weighted by Crippen LogP contribution is 2.21. The third kappa shape index (κ3) is 5.92. The van der Waals surface area contributed by atoms with Gasteiger partial charge in [0.05, 0.1) is 12.0 Å². The van der Waals surface area contributed by atoms with Crippen molar-refractivity contribution in [3.8, 4) is 0 Å². The van der Waals surface area contributed by atoms with E-state index in [4.69, 9.17) is 17.2 Å². The Morgan fingerprint density at radius 1 is 1.18 bits per heavy atom. The average Bonchev–Trinajstić information content (AvgIpc) is 2.49. The number of hydrogen-bond donors (Lipinski definition) is 4. The van der Waals surface area contributed by atoms with Gasteiger partial charge in [-0.3, -0.25) is 14.6 Å². The van der Waals surface area contributed by atoms with Crippen LogP contribution in [0, 0.1) is 0 Å². The predicted molar refractivity (Wildman–Crippen MR) is 84.3 cm³/mol. The minimum Gasteiger partial charge on any atom is -0.481 e. The molecule has 2 unspecified atom stereocenters. The van der Waals surface area contributed by atoms with Crippen molar-refractivity contribution in [3.05, 3.63) is 35.9 Å². The summed E-state index contributed by atoms with van der Waals surface area (Å²) in [6, 6.07) is 7.95. The molecule has 2 atom stereocenters. The number of guanidine groups is 1. The van der Waals surface area contributed by atoms with Crippen molar-refractivity contribution in [2.24, 2.45) is 22.2 Å². The molecule has 1 aromatic rings. The molecule has 22 heavy (non-hydrogen) atoms. The first-order valence-corrected chi connectivity index (χ1v) is 7.03. The van der Waals surface area contributed by atoms with Gasteiger partial charge < -0.3 is 22.3 Å². The molecule has 1 aromatic carbocycles. The smallest absolute Gasteiger partial charge is 0.311 e. The van der Waals surface area contributed by atoms with E-state index in [0.29, 0.717) is 24.9 Å². The van der Waals surface area contributed by atoms with Crippen molar-refractivity contribution in [2.75, 3.05) is 6.54 Å². The predicted octanol–water partition coefficient (Wildman–Crippen LogP) is 0.195. The van der Waals surface area contributed by atoms with Crippen LogP contribution in [-0.4, -0.2) is 35.4 Å². The molecule has 0 aliphatic carbocycles. The summed E-state index contributed by atoms with van der Waals surface area (Å²) in [5.41, 5.74) is 16.8. The lowest BCUT2D eigenvalue weighted by molar-refractivity contribution is -0.140. The first-order valence-electron chi connectivity index (χ1n) is 7.03. The molecule has 7 N–H and O–H groups in total. The van der Waals surface area contributed by atoms with E-state index in [1.165, 1.54) is 0 Å². The Hall–Kier alpha value is -2.41. The minimum atomic E-state index is -1.03. The highest BCUT2D eigenvalue weighted by atomic mass is 16.4. The van der Waals surface area contributed by atoms with Gasteiger partial charge in [0.25, 0.3) is 0 Å². The van der Waals surface area contributed by atoms with E-state index < -0.39 is 17.9 Å². The molecule has 0 spiro atoms. The van der Waals surface area contributed by atoms with Crippen LogP contribution in [0.25, 0.3) is 0 Å². The molecule has 0 saturated heterocycles. The summed E-state index contributed by atoms with van der Waals surface area (Å²) in [5.74, 6) is -2.19. The number of rotatable bonds is 9. The molecule has 0 fully saturated rings. The maximum absolute atomic E-state index is 12.1. The van der Waals surface area contributed by atoms with Crippen molar-refractivity contribution in [1.29, 1.82) is 0 Å². The van der Waals surface area contributed by atoms with Crippen LogP contribution in [0.2, 0.25) is 0 Å². The molecular weight excluding hydrogens is 284 g/mol. The topological polar surface area (TPSA) is 145 Å². The molecule has 120 valence electrons. The van der Waals surface area contributed by atoms with Crippen LogP contribution in [0.3, 0.4) is 0 Å². The number of ketones is 1. The van der Waals surface area contributed by atoms with E-state index in [9.17, 15) is 14.7 Å². The molecule has 0 aliphatic rings. The highest BCUT2D eigenvalue weighted by molar-refractivity contribution is 5.89. The van der Waals surface area contributed by atoms with Gasteiger partial charge in [-0.05, 0) is 18.4 Å². The second kappa shape index (κ2) is 8.78. The first-order chi connectivity index (χ1) is 10.4. The fraction of sp³-hybridized carbons (Fsp3) is 0.400. The number of benzene rings is 1. The van der Waals surface area contributed by atoms with Gasteiger partial charge >= 0.3 is 5.97 Å². The van der Waals surface area contributed by atoms with Gasteiger partial charge in [0.15, 0.2) is 11.7 Å². The second-order valence-corrected chi connectivity index (χ2v) is 5.03. The van der Waals surface area contributed by atoms with Crippen LogP contribution in [0.4, 0.5) is 0 Å². The number of carboxylic acid groups (broad SMARTS) is 1. The van der Waals surface area contributed by atoms with E-state index >= 15 is 0 Å². The van der Waals surface area contributed by atoms with Crippen molar-refractivity contribution in [1.82, 2.24) is 0 Å². The molecule has 0 saturated carbocycles. The van der Waals surface area contributed by atoms with Gasteiger partial charge in [0.2, 0.25) is 0 Å². The van der Waals surface area contributed by atoms with E-state index in [1.807, 2.05) is 0 Å². The molecule has 0 heterocycles. The summed E-state index contributed by atoms with van der Waals surface area (Å²) >= 11 is 0. The fourth-order valence-electron chi connectivity index (χ4n) is 2.07. The molecule has 7 heteroatoms. The number of hydrogen-bond acceptors (Lipinski definition) is 4. The monoisotopic (exact) mass is 306 g/mol. The molecular formula is C15H22N4O3.